The van der Waals surface area contributed by atoms with Gasteiger partial charge in [0.05, 0.1) is 22.6 Å². The molecule has 1 aromatic rings. The summed E-state index contributed by atoms with van der Waals surface area (Å²) in [4.78, 5) is 6.69. The number of halogens is 2. The quantitative estimate of drug-likeness (QED) is 0.906. The van der Waals surface area contributed by atoms with Gasteiger partial charge in [-0.3, -0.25) is 4.99 Å². The van der Waals surface area contributed by atoms with Crippen LogP contribution in [0.1, 0.15) is 37.3 Å². The minimum atomic E-state index is 0.206. The van der Waals surface area contributed by atoms with Crippen molar-refractivity contribution >= 4 is 29.2 Å². The van der Waals surface area contributed by atoms with Crippen LogP contribution < -0.4 is 5.73 Å². The van der Waals surface area contributed by atoms with Crippen molar-refractivity contribution in [3.8, 4) is 0 Å². The van der Waals surface area contributed by atoms with Gasteiger partial charge in [-0.2, -0.15) is 0 Å². The number of rotatable bonds is 2. The van der Waals surface area contributed by atoms with Gasteiger partial charge < -0.3 is 10.6 Å². The average Bonchev–Trinajstić information content (AvgIpc) is 3.01. The molecule has 2 aliphatic rings. The number of benzene rings is 1. The van der Waals surface area contributed by atoms with Crippen LogP contribution in [0.5, 0.6) is 0 Å². The fourth-order valence-electron chi connectivity index (χ4n) is 3.12. The summed E-state index contributed by atoms with van der Waals surface area (Å²) in [5, 5.41) is 1.18. The third-order valence-corrected chi connectivity index (χ3v) is 4.81. The molecule has 0 saturated heterocycles. The van der Waals surface area contributed by atoms with Crippen molar-refractivity contribution in [3.05, 3.63) is 33.8 Å². The van der Waals surface area contributed by atoms with Gasteiger partial charge in [-0.1, -0.05) is 42.1 Å². The van der Waals surface area contributed by atoms with E-state index in [0.717, 1.165) is 5.56 Å². The lowest BCUT2D eigenvalue weighted by atomic mass is 10.0. The molecule has 3 nitrogen and oxygen atoms in total. The van der Waals surface area contributed by atoms with Gasteiger partial charge in [-0.15, -0.1) is 0 Å². The van der Waals surface area contributed by atoms with E-state index in [0.29, 0.717) is 28.6 Å². The SMILES string of the molecule is NC1=NCC(c2ccc(Cl)c(Cl)c2)N1C1CCCC1. The van der Waals surface area contributed by atoms with Crippen LogP contribution in [0.3, 0.4) is 0 Å². The van der Waals surface area contributed by atoms with Crippen LogP contribution in [0.15, 0.2) is 23.2 Å². The summed E-state index contributed by atoms with van der Waals surface area (Å²) in [6.07, 6.45) is 4.97. The molecular weight excluding hydrogens is 281 g/mol. The lowest BCUT2D eigenvalue weighted by Gasteiger charge is -2.32. The fourth-order valence-corrected chi connectivity index (χ4v) is 3.43. The van der Waals surface area contributed by atoms with Crippen molar-refractivity contribution in [1.82, 2.24) is 4.90 Å². The summed E-state index contributed by atoms with van der Waals surface area (Å²) in [5.74, 6) is 0.669. The summed E-state index contributed by atoms with van der Waals surface area (Å²) in [6.45, 7) is 0.709. The number of nitrogens with two attached hydrogens (primary N) is 1. The van der Waals surface area contributed by atoms with E-state index in [2.05, 4.69) is 9.89 Å². The predicted molar refractivity (Wildman–Crippen MR) is 79.8 cm³/mol. The second kappa shape index (κ2) is 5.22. The molecule has 1 aromatic carbocycles. The highest BCUT2D eigenvalue weighted by Crippen LogP contribution is 2.35. The topological polar surface area (TPSA) is 41.6 Å². The van der Waals surface area contributed by atoms with Gasteiger partial charge >= 0.3 is 0 Å². The molecular formula is C14H17Cl2N3. The lowest BCUT2D eigenvalue weighted by molar-refractivity contribution is 0.262. The maximum absolute atomic E-state index is 6.12. The van der Waals surface area contributed by atoms with Crippen molar-refractivity contribution in [2.24, 2.45) is 10.7 Å². The van der Waals surface area contributed by atoms with E-state index in [4.69, 9.17) is 28.9 Å². The number of nitrogens with zero attached hydrogens (tertiary/aromatic N) is 2. The van der Waals surface area contributed by atoms with Crippen LogP contribution in [0.2, 0.25) is 10.0 Å². The molecule has 2 N–H and O–H groups in total. The number of aliphatic imine (C=N–C) groups is 1. The largest absolute Gasteiger partial charge is 0.370 e. The van der Waals surface area contributed by atoms with Gasteiger partial charge in [0.15, 0.2) is 5.96 Å². The van der Waals surface area contributed by atoms with Gasteiger partial charge in [0.25, 0.3) is 0 Å². The van der Waals surface area contributed by atoms with Crippen LogP contribution >= 0.6 is 23.2 Å². The van der Waals surface area contributed by atoms with Gasteiger partial charge in [-0.05, 0) is 30.5 Å². The Kier molecular flexibility index (Phi) is 3.59. The molecule has 0 bridgehead atoms. The number of hydrogen-bond donors (Lipinski definition) is 1. The molecule has 1 atom stereocenters. The molecule has 0 spiro atoms. The van der Waals surface area contributed by atoms with Crippen molar-refractivity contribution in [3.63, 3.8) is 0 Å². The molecule has 1 unspecified atom stereocenters. The molecule has 102 valence electrons. The fraction of sp³-hybridized carbons (Fsp3) is 0.500. The number of guanidine groups is 1. The first-order chi connectivity index (χ1) is 9.16. The molecule has 0 radical (unpaired) electrons. The molecule has 19 heavy (non-hydrogen) atoms. The average molecular weight is 298 g/mol. The monoisotopic (exact) mass is 297 g/mol. The van der Waals surface area contributed by atoms with Crippen LogP contribution in [0.25, 0.3) is 0 Å². The smallest absolute Gasteiger partial charge is 0.192 e. The van der Waals surface area contributed by atoms with E-state index in [-0.39, 0.29) is 6.04 Å². The predicted octanol–water partition coefficient (Wildman–Crippen LogP) is 3.61. The first-order valence-electron chi connectivity index (χ1n) is 6.70. The Hall–Kier alpha value is -0.930. The second-order valence-electron chi connectivity index (χ2n) is 5.23. The molecule has 0 amide bonds. The van der Waals surface area contributed by atoms with E-state index in [9.17, 15) is 0 Å². The molecule has 1 fully saturated rings. The first kappa shape index (κ1) is 13.1. The molecule has 5 heteroatoms. The summed E-state index contributed by atoms with van der Waals surface area (Å²) in [5.41, 5.74) is 7.22. The van der Waals surface area contributed by atoms with Gasteiger partial charge in [0, 0.05) is 6.04 Å². The van der Waals surface area contributed by atoms with Gasteiger partial charge in [0.2, 0.25) is 0 Å². The Bertz CT molecular complexity index is 509. The van der Waals surface area contributed by atoms with Crippen LogP contribution in [0, 0.1) is 0 Å². The minimum Gasteiger partial charge on any atom is -0.370 e. The Labute approximate surface area is 123 Å². The van der Waals surface area contributed by atoms with Crippen LogP contribution in [0.4, 0.5) is 0 Å². The van der Waals surface area contributed by atoms with Crippen molar-refractivity contribution in [1.29, 1.82) is 0 Å². The second-order valence-corrected chi connectivity index (χ2v) is 6.05. The Morgan fingerprint density at radius 3 is 2.58 bits per heavy atom. The highest BCUT2D eigenvalue weighted by molar-refractivity contribution is 6.42. The van der Waals surface area contributed by atoms with Crippen molar-refractivity contribution in [2.45, 2.75) is 37.8 Å². The number of hydrogen-bond acceptors (Lipinski definition) is 3. The van der Waals surface area contributed by atoms with E-state index < -0.39 is 0 Å². The molecule has 1 saturated carbocycles. The molecule has 0 aromatic heterocycles. The highest BCUT2D eigenvalue weighted by Gasteiger charge is 2.34. The van der Waals surface area contributed by atoms with Crippen molar-refractivity contribution < 1.29 is 0 Å². The first-order valence-corrected chi connectivity index (χ1v) is 7.45. The lowest BCUT2D eigenvalue weighted by Crippen LogP contribution is -2.42. The van der Waals surface area contributed by atoms with E-state index >= 15 is 0 Å². The van der Waals surface area contributed by atoms with E-state index in [1.54, 1.807) is 0 Å². The Balaban J connectivity index is 1.88. The maximum atomic E-state index is 6.12. The zero-order chi connectivity index (χ0) is 13.4. The van der Waals surface area contributed by atoms with Crippen LogP contribution in [-0.4, -0.2) is 23.4 Å². The third-order valence-electron chi connectivity index (χ3n) is 4.07. The van der Waals surface area contributed by atoms with Crippen LogP contribution in [-0.2, 0) is 0 Å². The normalized spacial score (nSPS) is 24.0. The zero-order valence-electron chi connectivity index (χ0n) is 10.6. The highest BCUT2D eigenvalue weighted by atomic mass is 35.5. The van der Waals surface area contributed by atoms with Crippen molar-refractivity contribution in [2.75, 3.05) is 6.54 Å². The Morgan fingerprint density at radius 2 is 1.89 bits per heavy atom. The zero-order valence-corrected chi connectivity index (χ0v) is 12.2. The molecule has 1 aliphatic heterocycles. The van der Waals surface area contributed by atoms with E-state index in [1.807, 2.05) is 18.2 Å². The summed E-state index contributed by atoms with van der Waals surface area (Å²) < 4.78 is 0. The Morgan fingerprint density at radius 1 is 1.16 bits per heavy atom. The summed E-state index contributed by atoms with van der Waals surface area (Å²) >= 11 is 12.1. The molecule has 1 heterocycles. The molecule has 1 aliphatic carbocycles. The standard InChI is InChI=1S/C14H17Cl2N3/c15-11-6-5-9(7-12(11)16)13-8-18-14(17)19(13)10-3-1-2-4-10/h5-7,10,13H,1-4,8H2,(H2,17,18). The summed E-state index contributed by atoms with van der Waals surface area (Å²) in [6, 6.07) is 6.53. The molecule has 3 rings (SSSR count). The van der Waals surface area contributed by atoms with Gasteiger partial charge in [0.1, 0.15) is 0 Å². The minimum absolute atomic E-state index is 0.206. The third kappa shape index (κ3) is 2.41. The van der Waals surface area contributed by atoms with Gasteiger partial charge in [-0.25, -0.2) is 0 Å². The van der Waals surface area contributed by atoms with E-state index in [1.165, 1.54) is 25.7 Å². The summed E-state index contributed by atoms with van der Waals surface area (Å²) in [7, 11) is 0. The maximum Gasteiger partial charge on any atom is 0.192 e.